The second-order valence-corrected chi connectivity index (χ2v) is 5.00. The molecule has 17 heavy (non-hydrogen) atoms. The number of anilines is 1. The lowest BCUT2D eigenvalue weighted by molar-refractivity contribution is 0.0998. The summed E-state index contributed by atoms with van der Waals surface area (Å²) < 4.78 is 5.85. The van der Waals surface area contributed by atoms with Gasteiger partial charge in [0.1, 0.15) is 11.6 Å². The molecule has 92 valence electrons. The van der Waals surface area contributed by atoms with Crippen LogP contribution in [0.1, 0.15) is 42.3 Å². The first-order valence-corrected chi connectivity index (χ1v) is 6.16. The minimum Gasteiger partial charge on any atom is -0.374 e. The average molecular weight is 234 g/mol. The Morgan fingerprint density at radius 1 is 1.29 bits per heavy atom. The summed E-state index contributed by atoms with van der Waals surface area (Å²) in [5.41, 5.74) is 4.66. The fourth-order valence-electron chi connectivity index (χ4n) is 2.87. The van der Waals surface area contributed by atoms with Gasteiger partial charge in [-0.05, 0) is 33.1 Å². The van der Waals surface area contributed by atoms with Crippen molar-refractivity contribution in [3.05, 3.63) is 17.1 Å². The molecule has 5 nitrogen and oxygen atoms in total. The number of nitrogens with zero attached hydrogens (tertiary/aromatic N) is 2. The summed E-state index contributed by atoms with van der Waals surface area (Å²) in [6.07, 6.45) is 4.11. The Bertz CT molecular complexity index is 448. The van der Waals surface area contributed by atoms with Gasteiger partial charge in [-0.1, -0.05) is 0 Å². The van der Waals surface area contributed by atoms with Crippen molar-refractivity contribution in [3.63, 3.8) is 0 Å². The van der Waals surface area contributed by atoms with Gasteiger partial charge >= 0.3 is 0 Å². The van der Waals surface area contributed by atoms with E-state index in [0.717, 1.165) is 35.7 Å². The smallest absolute Gasteiger partial charge is 0.146 e. The fraction of sp³-hybridized carbons (Fsp3) is 0.667. The summed E-state index contributed by atoms with van der Waals surface area (Å²) >= 11 is 0. The van der Waals surface area contributed by atoms with Gasteiger partial charge in [0.25, 0.3) is 0 Å². The predicted octanol–water partition coefficient (Wildman–Crippen LogP) is 1.41. The highest BCUT2D eigenvalue weighted by molar-refractivity contribution is 5.44. The van der Waals surface area contributed by atoms with E-state index < -0.39 is 0 Å². The summed E-state index contributed by atoms with van der Waals surface area (Å²) in [7, 11) is 0. The van der Waals surface area contributed by atoms with Crippen LogP contribution in [0.4, 0.5) is 5.82 Å². The molecule has 0 aromatic carbocycles. The quantitative estimate of drug-likeness (QED) is 0.598. The van der Waals surface area contributed by atoms with Gasteiger partial charge in [-0.15, -0.1) is 0 Å². The lowest BCUT2D eigenvalue weighted by Gasteiger charge is -2.19. The van der Waals surface area contributed by atoms with Crippen molar-refractivity contribution in [2.24, 2.45) is 5.84 Å². The van der Waals surface area contributed by atoms with Gasteiger partial charge < -0.3 is 10.2 Å². The minimum atomic E-state index is 0.313. The van der Waals surface area contributed by atoms with E-state index in [1.807, 2.05) is 13.8 Å². The zero-order chi connectivity index (χ0) is 12.0. The molecule has 2 bridgehead atoms. The van der Waals surface area contributed by atoms with Gasteiger partial charge in [-0.2, -0.15) is 0 Å². The van der Waals surface area contributed by atoms with Gasteiger partial charge in [-0.3, -0.25) is 0 Å². The third-order valence-electron chi connectivity index (χ3n) is 3.98. The maximum Gasteiger partial charge on any atom is 0.146 e. The zero-order valence-corrected chi connectivity index (χ0v) is 10.2. The van der Waals surface area contributed by atoms with E-state index in [0.29, 0.717) is 18.1 Å². The van der Waals surface area contributed by atoms with Crippen molar-refractivity contribution in [3.8, 4) is 0 Å². The lowest BCUT2D eigenvalue weighted by Crippen LogP contribution is -2.20. The molecule has 3 atom stereocenters. The summed E-state index contributed by atoms with van der Waals surface area (Å²) in [4.78, 5) is 9.12. The minimum absolute atomic E-state index is 0.313. The summed E-state index contributed by atoms with van der Waals surface area (Å²) in [6, 6.07) is 0. The first-order valence-electron chi connectivity index (χ1n) is 6.16. The molecule has 3 heterocycles. The summed E-state index contributed by atoms with van der Waals surface area (Å²) in [5.74, 6) is 7.45. The maximum absolute atomic E-state index is 5.85. The number of hydrogen-bond acceptors (Lipinski definition) is 5. The Balaban J connectivity index is 1.95. The third-order valence-corrected chi connectivity index (χ3v) is 3.98. The number of fused-ring (bicyclic) bond motifs is 2. The molecule has 0 radical (unpaired) electrons. The molecule has 0 aliphatic carbocycles. The number of hydrogen-bond donors (Lipinski definition) is 2. The number of aromatic nitrogens is 2. The molecule has 0 spiro atoms. The van der Waals surface area contributed by atoms with Gasteiger partial charge in [0.15, 0.2) is 0 Å². The Hall–Kier alpha value is -1.20. The number of nitrogens with two attached hydrogens (primary N) is 1. The zero-order valence-electron chi connectivity index (χ0n) is 10.2. The lowest BCUT2D eigenvalue weighted by atomic mass is 9.88. The number of ether oxygens (including phenoxy) is 1. The van der Waals surface area contributed by atoms with E-state index in [1.165, 1.54) is 6.42 Å². The highest BCUT2D eigenvalue weighted by atomic mass is 16.5. The number of nitrogen functional groups attached to an aromatic ring is 1. The first-order chi connectivity index (χ1) is 8.19. The van der Waals surface area contributed by atoms with Gasteiger partial charge in [0.2, 0.25) is 0 Å². The molecule has 3 N–H and O–H groups in total. The van der Waals surface area contributed by atoms with Crippen LogP contribution in [0.5, 0.6) is 0 Å². The molecule has 0 amide bonds. The normalized spacial score (nSPS) is 30.9. The van der Waals surface area contributed by atoms with Crippen LogP contribution in [0.2, 0.25) is 0 Å². The molecule has 1 aromatic rings. The summed E-state index contributed by atoms with van der Waals surface area (Å²) in [5, 5.41) is 0. The van der Waals surface area contributed by atoms with Crippen LogP contribution >= 0.6 is 0 Å². The number of nitrogens with one attached hydrogen (secondary N) is 1. The fourth-order valence-corrected chi connectivity index (χ4v) is 2.87. The van der Waals surface area contributed by atoms with Gasteiger partial charge in [0, 0.05) is 17.2 Å². The van der Waals surface area contributed by atoms with E-state index in [1.54, 1.807) is 0 Å². The molecule has 3 rings (SSSR count). The highest BCUT2D eigenvalue weighted by Gasteiger charge is 2.43. The van der Waals surface area contributed by atoms with Crippen molar-refractivity contribution in [1.29, 1.82) is 0 Å². The number of aryl methyl sites for hydroxylation is 1. The van der Waals surface area contributed by atoms with E-state index in [2.05, 4.69) is 15.4 Å². The Morgan fingerprint density at radius 2 is 2.12 bits per heavy atom. The summed E-state index contributed by atoms with van der Waals surface area (Å²) in [6.45, 7) is 3.97. The molecule has 2 fully saturated rings. The van der Waals surface area contributed by atoms with Crippen LogP contribution in [0, 0.1) is 13.8 Å². The topological polar surface area (TPSA) is 73.1 Å². The maximum atomic E-state index is 5.85. The van der Waals surface area contributed by atoms with E-state index in [9.17, 15) is 0 Å². The molecule has 3 unspecified atom stereocenters. The van der Waals surface area contributed by atoms with E-state index in [-0.39, 0.29) is 0 Å². The SMILES string of the molecule is Cc1nc(C2CC3CCC2O3)nc(NN)c1C. The molecular weight excluding hydrogens is 216 g/mol. The standard InChI is InChI=1S/C12H18N4O/c1-6-7(2)14-12(15-11(6)16-13)9-5-8-3-4-10(9)17-8/h8-10H,3-5,13H2,1-2H3,(H,14,15,16). The second kappa shape index (κ2) is 3.92. The van der Waals surface area contributed by atoms with Crippen LogP contribution in [-0.2, 0) is 4.74 Å². The Kier molecular flexibility index (Phi) is 2.52. The van der Waals surface area contributed by atoms with Crippen molar-refractivity contribution < 1.29 is 4.74 Å². The molecule has 1 aromatic heterocycles. The number of rotatable bonds is 2. The Morgan fingerprint density at radius 3 is 2.71 bits per heavy atom. The molecular formula is C12H18N4O. The predicted molar refractivity (Wildman–Crippen MR) is 64.6 cm³/mol. The van der Waals surface area contributed by atoms with Crippen LogP contribution in [0.25, 0.3) is 0 Å². The largest absolute Gasteiger partial charge is 0.374 e. The van der Waals surface area contributed by atoms with Crippen molar-refractivity contribution in [1.82, 2.24) is 9.97 Å². The molecule has 0 saturated carbocycles. The van der Waals surface area contributed by atoms with Gasteiger partial charge in [0.05, 0.1) is 12.2 Å². The highest BCUT2D eigenvalue weighted by Crippen LogP contribution is 2.43. The van der Waals surface area contributed by atoms with Crippen molar-refractivity contribution >= 4 is 5.82 Å². The second-order valence-electron chi connectivity index (χ2n) is 5.00. The van der Waals surface area contributed by atoms with Crippen LogP contribution in [0.3, 0.4) is 0 Å². The monoisotopic (exact) mass is 234 g/mol. The van der Waals surface area contributed by atoms with Crippen LogP contribution in [0.15, 0.2) is 0 Å². The van der Waals surface area contributed by atoms with Crippen molar-refractivity contribution in [2.75, 3.05) is 5.43 Å². The van der Waals surface area contributed by atoms with E-state index >= 15 is 0 Å². The Labute approximate surface area is 101 Å². The van der Waals surface area contributed by atoms with Crippen LogP contribution < -0.4 is 11.3 Å². The van der Waals surface area contributed by atoms with E-state index in [4.69, 9.17) is 10.6 Å². The number of hydrazine groups is 1. The van der Waals surface area contributed by atoms with Gasteiger partial charge in [-0.25, -0.2) is 15.8 Å². The third kappa shape index (κ3) is 1.70. The molecule has 5 heteroatoms. The molecule has 2 aliphatic rings. The van der Waals surface area contributed by atoms with Crippen LogP contribution in [-0.4, -0.2) is 22.2 Å². The first kappa shape index (κ1) is 10.9. The van der Waals surface area contributed by atoms with Crippen molar-refractivity contribution in [2.45, 2.75) is 51.2 Å². The molecule has 2 saturated heterocycles. The average Bonchev–Trinajstić information content (AvgIpc) is 2.94. The molecule has 2 aliphatic heterocycles.